The smallest absolute Gasteiger partial charge is 0.101 e. The third-order valence-corrected chi connectivity index (χ3v) is 1.21. The van der Waals surface area contributed by atoms with Crippen molar-refractivity contribution in [3.63, 3.8) is 0 Å². The van der Waals surface area contributed by atoms with E-state index in [-0.39, 0.29) is 0 Å². The molecule has 0 N–H and O–H groups in total. The molecule has 0 aliphatic rings. The van der Waals surface area contributed by atoms with Crippen LogP contribution < -0.4 is 0 Å². The second-order valence-corrected chi connectivity index (χ2v) is 1.98. The first-order valence-electron chi connectivity index (χ1n) is 3.09. The first-order chi connectivity index (χ1) is 5.36. The van der Waals surface area contributed by atoms with Crippen molar-refractivity contribution in [2.45, 2.75) is 6.42 Å². The van der Waals surface area contributed by atoms with Gasteiger partial charge in [0.25, 0.3) is 0 Å². The van der Waals surface area contributed by atoms with E-state index in [0.29, 0.717) is 17.7 Å². The van der Waals surface area contributed by atoms with Crippen molar-refractivity contribution in [2.24, 2.45) is 0 Å². The van der Waals surface area contributed by atoms with Gasteiger partial charge in [-0.15, -0.1) is 0 Å². The van der Waals surface area contributed by atoms with Gasteiger partial charge in [0.05, 0.1) is 23.7 Å². The zero-order chi connectivity index (χ0) is 8.10. The highest BCUT2D eigenvalue weighted by Crippen LogP contribution is 1.98. The van der Waals surface area contributed by atoms with E-state index in [9.17, 15) is 0 Å². The van der Waals surface area contributed by atoms with Gasteiger partial charge in [0.15, 0.2) is 0 Å². The lowest BCUT2D eigenvalue weighted by Crippen LogP contribution is -1.87. The standard InChI is InChI=1S/C8H5N3/c9-4-3-8-2-1-7(5-10)6-11-8/h1-2,6H,3H2. The van der Waals surface area contributed by atoms with Gasteiger partial charge in [-0.05, 0) is 12.1 Å². The van der Waals surface area contributed by atoms with Gasteiger partial charge < -0.3 is 0 Å². The fraction of sp³-hybridized carbons (Fsp3) is 0.125. The van der Waals surface area contributed by atoms with Crippen LogP contribution in [0.1, 0.15) is 11.3 Å². The molecule has 1 aromatic rings. The molecule has 0 spiro atoms. The predicted octanol–water partition coefficient (Wildman–Crippen LogP) is 1.02. The molecular formula is C8H5N3. The zero-order valence-electron chi connectivity index (χ0n) is 5.78. The highest BCUT2D eigenvalue weighted by molar-refractivity contribution is 5.26. The van der Waals surface area contributed by atoms with Crippen molar-refractivity contribution in [1.29, 1.82) is 10.5 Å². The first-order valence-corrected chi connectivity index (χ1v) is 3.09. The van der Waals surface area contributed by atoms with Crippen LogP contribution in [0, 0.1) is 22.7 Å². The summed E-state index contributed by atoms with van der Waals surface area (Å²) in [4.78, 5) is 3.89. The van der Waals surface area contributed by atoms with Crippen LogP contribution in [-0.4, -0.2) is 4.98 Å². The maximum absolute atomic E-state index is 8.40. The molecule has 1 aromatic heterocycles. The molecule has 0 saturated heterocycles. The second kappa shape index (κ2) is 3.34. The van der Waals surface area contributed by atoms with Crippen LogP contribution in [0.25, 0.3) is 0 Å². The molecule has 52 valence electrons. The van der Waals surface area contributed by atoms with Crippen LogP contribution in [0.3, 0.4) is 0 Å². The second-order valence-electron chi connectivity index (χ2n) is 1.98. The van der Waals surface area contributed by atoms with Crippen LogP contribution in [0.15, 0.2) is 18.3 Å². The highest BCUT2D eigenvalue weighted by Gasteiger charge is 1.92. The summed E-state index contributed by atoms with van der Waals surface area (Å²) < 4.78 is 0. The van der Waals surface area contributed by atoms with Gasteiger partial charge in [0.2, 0.25) is 0 Å². The lowest BCUT2D eigenvalue weighted by atomic mass is 10.2. The molecule has 0 aromatic carbocycles. The predicted molar refractivity (Wildman–Crippen MR) is 38.3 cm³/mol. The Bertz CT molecular complexity index is 313. The zero-order valence-corrected chi connectivity index (χ0v) is 5.78. The van der Waals surface area contributed by atoms with E-state index in [1.807, 2.05) is 12.1 Å². The summed E-state index contributed by atoms with van der Waals surface area (Å²) in [7, 11) is 0. The molecule has 0 aliphatic heterocycles. The molecule has 1 rings (SSSR count). The lowest BCUT2D eigenvalue weighted by Gasteiger charge is -1.90. The van der Waals surface area contributed by atoms with Gasteiger partial charge in [0, 0.05) is 6.20 Å². The molecule has 0 saturated carbocycles. The number of hydrogen-bond acceptors (Lipinski definition) is 3. The van der Waals surface area contributed by atoms with Crippen LogP contribution >= 0.6 is 0 Å². The van der Waals surface area contributed by atoms with Gasteiger partial charge in [-0.25, -0.2) is 0 Å². The Hall–Kier alpha value is -1.87. The van der Waals surface area contributed by atoms with Crippen molar-refractivity contribution in [1.82, 2.24) is 4.98 Å². The molecule has 3 heteroatoms. The molecule has 3 nitrogen and oxygen atoms in total. The van der Waals surface area contributed by atoms with E-state index in [0.717, 1.165) is 0 Å². The van der Waals surface area contributed by atoms with E-state index < -0.39 is 0 Å². The Kier molecular flexibility index (Phi) is 2.20. The normalized spacial score (nSPS) is 8.18. The van der Waals surface area contributed by atoms with Crippen molar-refractivity contribution in [3.8, 4) is 12.1 Å². The quantitative estimate of drug-likeness (QED) is 0.589. The van der Waals surface area contributed by atoms with Crippen molar-refractivity contribution >= 4 is 0 Å². The SMILES string of the molecule is N#CCc1ccc(C#N)cn1. The van der Waals surface area contributed by atoms with Crippen LogP contribution in [0.4, 0.5) is 0 Å². The lowest BCUT2D eigenvalue weighted by molar-refractivity contribution is 1.11. The average molecular weight is 143 g/mol. The van der Waals surface area contributed by atoms with Crippen molar-refractivity contribution in [3.05, 3.63) is 29.6 Å². The number of nitriles is 2. The topological polar surface area (TPSA) is 60.5 Å². The number of hydrogen-bond donors (Lipinski definition) is 0. The van der Waals surface area contributed by atoms with Gasteiger partial charge >= 0.3 is 0 Å². The van der Waals surface area contributed by atoms with E-state index in [1.165, 1.54) is 6.20 Å². The Labute approximate surface area is 64.5 Å². The molecule has 0 atom stereocenters. The van der Waals surface area contributed by atoms with Crippen molar-refractivity contribution < 1.29 is 0 Å². The fourth-order valence-electron chi connectivity index (χ4n) is 0.676. The third-order valence-electron chi connectivity index (χ3n) is 1.21. The number of aromatic nitrogens is 1. The Morgan fingerprint density at radius 1 is 1.36 bits per heavy atom. The van der Waals surface area contributed by atoms with E-state index in [2.05, 4.69) is 4.98 Å². The van der Waals surface area contributed by atoms with E-state index in [4.69, 9.17) is 10.5 Å². The minimum atomic E-state index is 0.297. The van der Waals surface area contributed by atoms with Crippen molar-refractivity contribution in [2.75, 3.05) is 0 Å². The van der Waals surface area contributed by atoms with Gasteiger partial charge in [-0.2, -0.15) is 10.5 Å². The van der Waals surface area contributed by atoms with E-state index in [1.54, 1.807) is 12.1 Å². The molecule has 11 heavy (non-hydrogen) atoms. The molecule has 0 radical (unpaired) electrons. The van der Waals surface area contributed by atoms with E-state index >= 15 is 0 Å². The minimum absolute atomic E-state index is 0.297. The Morgan fingerprint density at radius 2 is 2.18 bits per heavy atom. The summed E-state index contributed by atoms with van der Waals surface area (Å²) in [5, 5.41) is 16.7. The summed E-state index contributed by atoms with van der Waals surface area (Å²) in [6, 6.07) is 7.26. The first kappa shape index (κ1) is 7.24. The van der Waals surface area contributed by atoms with Crippen LogP contribution in [0.2, 0.25) is 0 Å². The summed E-state index contributed by atoms with van der Waals surface area (Å²) in [5.41, 5.74) is 1.22. The summed E-state index contributed by atoms with van der Waals surface area (Å²) in [6.45, 7) is 0. The van der Waals surface area contributed by atoms with Gasteiger partial charge in [-0.1, -0.05) is 0 Å². The van der Waals surface area contributed by atoms with Crippen LogP contribution in [-0.2, 0) is 6.42 Å². The Morgan fingerprint density at radius 3 is 2.64 bits per heavy atom. The maximum Gasteiger partial charge on any atom is 0.101 e. The maximum atomic E-state index is 8.40. The number of pyridine rings is 1. The molecule has 0 fully saturated rings. The number of nitrogens with zero attached hydrogens (tertiary/aromatic N) is 3. The number of rotatable bonds is 1. The van der Waals surface area contributed by atoms with Crippen LogP contribution in [0.5, 0.6) is 0 Å². The molecular weight excluding hydrogens is 138 g/mol. The molecule has 0 bridgehead atoms. The molecule has 0 aliphatic carbocycles. The average Bonchev–Trinajstić information content (AvgIpc) is 2.07. The monoisotopic (exact) mass is 143 g/mol. The fourth-order valence-corrected chi connectivity index (χ4v) is 0.676. The summed E-state index contributed by atoms with van der Waals surface area (Å²) in [6.07, 6.45) is 1.76. The third kappa shape index (κ3) is 1.77. The molecule has 1 heterocycles. The molecule has 0 amide bonds. The largest absolute Gasteiger partial charge is 0.259 e. The summed E-state index contributed by atoms with van der Waals surface area (Å²) in [5.74, 6) is 0. The molecule has 0 unspecified atom stereocenters. The van der Waals surface area contributed by atoms with Gasteiger partial charge in [-0.3, -0.25) is 4.98 Å². The van der Waals surface area contributed by atoms with Gasteiger partial charge in [0.1, 0.15) is 6.07 Å². The minimum Gasteiger partial charge on any atom is -0.259 e. The highest BCUT2D eigenvalue weighted by atomic mass is 14.7. The Balaban J connectivity index is 2.87. The summed E-state index contributed by atoms with van der Waals surface area (Å²) >= 11 is 0.